The predicted octanol–water partition coefficient (Wildman–Crippen LogP) is 10.0. The van der Waals surface area contributed by atoms with E-state index in [1.165, 1.54) is 39.1 Å². The number of nitrogens with zero attached hydrogens (tertiary/aromatic N) is 1. The molecule has 35 heavy (non-hydrogen) atoms. The second kappa shape index (κ2) is 9.06. The quantitative estimate of drug-likeness (QED) is 0.293. The maximum Gasteiger partial charge on any atom is 0.0692 e. The Kier molecular flexibility index (Phi) is 7.24. The molecule has 0 amide bonds. The molecule has 0 radical (unpaired) electrons. The Hall–Kier alpha value is -1.59. The molecule has 0 saturated heterocycles. The minimum Gasteiger partial charge on any atom is -0.262 e. The van der Waals surface area contributed by atoms with Gasteiger partial charge in [-0.15, -0.1) is 0 Å². The molecule has 0 spiro atoms. The van der Waals surface area contributed by atoms with Crippen molar-refractivity contribution in [2.24, 2.45) is 4.74 Å². The summed E-state index contributed by atoms with van der Waals surface area (Å²) < 4.78 is 6.04. The second-order valence-corrected chi connectivity index (χ2v) is 17.4. The van der Waals surface area contributed by atoms with Gasteiger partial charge in [-0.1, -0.05) is 103 Å². The third-order valence-electron chi connectivity index (χ3n) is 7.66. The molecule has 0 unspecified atom stereocenters. The van der Waals surface area contributed by atoms with Gasteiger partial charge in [-0.25, -0.2) is 0 Å². The van der Waals surface area contributed by atoms with Crippen LogP contribution >= 0.6 is 7.05 Å². The fourth-order valence-electron chi connectivity index (χ4n) is 5.73. The fourth-order valence-corrected chi connectivity index (χ4v) is 10.5. The molecule has 0 aromatic heterocycles. The van der Waals surface area contributed by atoms with Crippen LogP contribution < -0.4 is 5.30 Å². The SMILES string of the molecule is CC1=C(C)CP(=Nc2c(C(C)(C)C)cc(C(C)(C)C)cc2C(C)(C)C)(c2c(C)cc(C)cc2C)C1. The molecule has 2 heteroatoms. The van der Waals surface area contributed by atoms with Crippen molar-refractivity contribution < 1.29 is 0 Å². The van der Waals surface area contributed by atoms with Crippen molar-refractivity contribution in [3.63, 3.8) is 0 Å². The van der Waals surface area contributed by atoms with Gasteiger partial charge in [0.25, 0.3) is 0 Å². The minimum absolute atomic E-state index is 0.0126. The number of hydrogen-bond acceptors (Lipinski definition) is 1. The van der Waals surface area contributed by atoms with Crippen LogP contribution in [0, 0.1) is 20.8 Å². The van der Waals surface area contributed by atoms with Gasteiger partial charge in [0.05, 0.1) is 5.69 Å². The standard InChI is InChI=1S/C33H50NP/c1-21-15-22(2)30(23(3)16-21)35(19-24(4)25(5)20-35)34-29-27(32(9,10)11)17-26(31(6,7)8)18-28(29)33(12,13)14/h15-18H,19-20H2,1-14H3. The van der Waals surface area contributed by atoms with Gasteiger partial charge >= 0.3 is 0 Å². The van der Waals surface area contributed by atoms with E-state index in [4.69, 9.17) is 4.74 Å². The lowest BCUT2D eigenvalue weighted by Crippen LogP contribution is -2.22. The lowest BCUT2D eigenvalue weighted by molar-refractivity contribution is 0.550. The Bertz CT molecular complexity index is 1160. The Morgan fingerprint density at radius 3 is 1.34 bits per heavy atom. The monoisotopic (exact) mass is 491 g/mol. The highest BCUT2D eigenvalue weighted by Gasteiger charge is 2.35. The van der Waals surface area contributed by atoms with Gasteiger partial charge in [0.15, 0.2) is 0 Å². The normalized spacial score (nSPS) is 16.7. The van der Waals surface area contributed by atoms with Crippen LogP contribution in [-0.4, -0.2) is 12.3 Å². The first kappa shape index (κ1) is 28.0. The molecule has 2 aromatic rings. The molecule has 1 heterocycles. The maximum atomic E-state index is 6.04. The third kappa shape index (κ3) is 5.56. The number of benzene rings is 2. The zero-order chi connectivity index (χ0) is 26.7. The van der Waals surface area contributed by atoms with Crippen molar-refractivity contribution in [1.82, 2.24) is 0 Å². The third-order valence-corrected chi connectivity index (χ3v) is 11.8. The topological polar surface area (TPSA) is 12.4 Å². The zero-order valence-electron chi connectivity index (χ0n) is 25.1. The van der Waals surface area contributed by atoms with Gasteiger partial charge in [-0.05, 0) is 84.0 Å². The highest BCUT2D eigenvalue weighted by molar-refractivity contribution is 7.75. The largest absolute Gasteiger partial charge is 0.262 e. The summed E-state index contributed by atoms with van der Waals surface area (Å²) in [5.41, 5.74) is 12.9. The van der Waals surface area contributed by atoms with Gasteiger partial charge in [0.2, 0.25) is 0 Å². The number of hydrogen-bond donors (Lipinski definition) is 0. The van der Waals surface area contributed by atoms with Crippen molar-refractivity contribution in [2.45, 2.75) is 113 Å². The van der Waals surface area contributed by atoms with Crippen molar-refractivity contribution in [1.29, 1.82) is 0 Å². The van der Waals surface area contributed by atoms with E-state index >= 15 is 0 Å². The van der Waals surface area contributed by atoms with Crippen LogP contribution in [0.15, 0.2) is 40.2 Å². The summed E-state index contributed by atoms with van der Waals surface area (Å²) in [6, 6.07) is 9.70. The molecule has 0 atom stereocenters. The Morgan fingerprint density at radius 1 is 0.600 bits per heavy atom. The molecule has 3 rings (SSSR count). The van der Waals surface area contributed by atoms with E-state index in [1.54, 1.807) is 16.5 Å². The Balaban J connectivity index is 2.54. The van der Waals surface area contributed by atoms with Crippen LogP contribution in [0.4, 0.5) is 5.69 Å². The van der Waals surface area contributed by atoms with E-state index in [0.29, 0.717) is 0 Å². The highest BCUT2D eigenvalue weighted by Crippen LogP contribution is 2.61. The first-order valence-corrected chi connectivity index (χ1v) is 15.4. The summed E-state index contributed by atoms with van der Waals surface area (Å²) >= 11 is 0. The smallest absolute Gasteiger partial charge is 0.0692 e. The number of aryl methyl sites for hydroxylation is 3. The van der Waals surface area contributed by atoms with Gasteiger partial charge < -0.3 is 0 Å². The van der Waals surface area contributed by atoms with E-state index in [0.717, 1.165) is 12.3 Å². The number of allylic oxidation sites excluding steroid dienone is 2. The van der Waals surface area contributed by atoms with Crippen molar-refractivity contribution in [2.75, 3.05) is 12.3 Å². The van der Waals surface area contributed by atoms with Gasteiger partial charge in [0.1, 0.15) is 0 Å². The maximum absolute atomic E-state index is 6.04. The van der Waals surface area contributed by atoms with Crippen LogP contribution in [0.3, 0.4) is 0 Å². The van der Waals surface area contributed by atoms with E-state index in [1.807, 2.05) is 0 Å². The molecular formula is C33H50NP. The van der Waals surface area contributed by atoms with Crippen LogP contribution in [0.25, 0.3) is 0 Å². The van der Waals surface area contributed by atoms with E-state index in [-0.39, 0.29) is 16.2 Å². The lowest BCUT2D eigenvalue weighted by Gasteiger charge is -2.34. The molecule has 0 aliphatic carbocycles. The molecule has 0 saturated carbocycles. The first-order chi connectivity index (χ1) is 15.8. The molecule has 2 aromatic carbocycles. The van der Waals surface area contributed by atoms with E-state index < -0.39 is 7.05 Å². The minimum atomic E-state index is -1.83. The fraction of sp³-hybridized carbons (Fsp3) is 0.576. The number of rotatable bonds is 2. The van der Waals surface area contributed by atoms with Gasteiger partial charge in [0, 0.05) is 19.4 Å². The summed E-state index contributed by atoms with van der Waals surface area (Å²) in [6.07, 6.45) is 2.22. The summed E-state index contributed by atoms with van der Waals surface area (Å²) in [7, 11) is -1.83. The van der Waals surface area contributed by atoms with Crippen molar-refractivity contribution >= 4 is 18.0 Å². The van der Waals surface area contributed by atoms with Crippen molar-refractivity contribution in [3.8, 4) is 0 Å². The second-order valence-electron chi connectivity index (χ2n) is 14.3. The van der Waals surface area contributed by atoms with E-state index in [2.05, 4.69) is 121 Å². The van der Waals surface area contributed by atoms with Gasteiger partial charge in [-0.2, -0.15) is 0 Å². The molecule has 0 N–H and O–H groups in total. The van der Waals surface area contributed by atoms with Gasteiger partial charge in [-0.3, -0.25) is 4.74 Å². The Labute approximate surface area is 216 Å². The summed E-state index contributed by atoms with van der Waals surface area (Å²) in [6.45, 7) is 32.7. The summed E-state index contributed by atoms with van der Waals surface area (Å²) in [5.74, 6) is 0. The predicted molar refractivity (Wildman–Crippen MR) is 160 cm³/mol. The molecule has 1 aliphatic rings. The van der Waals surface area contributed by atoms with E-state index in [9.17, 15) is 0 Å². The molecule has 0 fully saturated rings. The average Bonchev–Trinajstić information content (AvgIpc) is 2.91. The molecule has 192 valence electrons. The van der Waals surface area contributed by atoms with Crippen LogP contribution in [-0.2, 0) is 16.2 Å². The highest BCUT2D eigenvalue weighted by atomic mass is 31.2. The zero-order valence-corrected chi connectivity index (χ0v) is 26.0. The lowest BCUT2D eigenvalue weighted by atomic mass is 9.74. The van der Waals surface area contributed by atoms with Crippen LogP contribution in [0.5, 0.6) is 0 Å². The van der Waals surface area contributed by atoms with Crippen LogP contribution in [0.2, 0.25) is 0 Å². The molecule has 0 bridgehead atoms. The van der Waals surface area contributed by atoms with Crippen molar-refractivity contribution in [3.05, 3.63) is 68.8 Å². The Morgan fingerprint density at radius 2 is 1.00 bits per heavy atom. The average molecular weight is 492 g/mol. The summed E-state index contributed by atoms with van der Waals surface area (Å²) in [4.78, 5) is 0. The van der Waals surface area contributed by atoms with Crippen LogP contribution in [0.1, 0.15) is 110 Å². The molecule has 1 nitrogen and oxygen atoms in total. The summed E-state index contributed by atoms with van der Waals surface area (Å²) in [5, 5.41) is 1.54. The molecule has 1 aliphatic heterocycles. The first-order valence-electron chi connectivity index (χ1n) is 13.3. The molecular weight excluding hydrogens is 441 g/mol.